The topological polar surface area (TPSA) is 62.7 Å². The first kappa shape index (κ1) is 13.6. The minimum Gasteiger partial charge on any atom is -0.366 e. The summed E-state index contributed by atoms with van der Waals surface area (Å²) in [4.78, 5) is 4.20. The predicted molar refractivity (Wildman–Crippen MR) is 71.2 cm³/mol. The molecule has 1 saturated carbocycles. The van der Waals surface area contributed by atoms with Crippen molar-refractivity contribution in [3.63, 3.8) is 0 Å². The fourth-order valence-electron chi connectivity index (χ4n) is 1.73. The zero-order valence-electron chi connectivity index (χ0n) is 10.9. The Labute approximate surface area is 118 Å². The Bertz CT molecular complexity index is 622. The first-order valence-electron chi connectivity index (χ1n) is 6.41. The van der Waals surface area contributed by atoms with Gasteiger partial charge in [-0.15, -0.1) is 5.10 Å². The lowest BCUT2D eigenvalue weighted by Crippen LogP contribution is -2.07. The molecule has 1 heterocycles. The van der Waals surface area contributed by atoms with E-state index in [0.29, 0.717) is 17.5 Å². The molecule has 1 aromatic heterocycles. The normalized spacial score (nSPS) is 14.8. The van der Waals surface area contributed by atoms with Crippen LogP contribution in [0, 0.1) is 0 Å². The van der Waals surface area contributed by atoms with Crippen molar-refractivity contribution in [1.29, 1.82) is 0 Å². The molecule has 0 amide bonds. The summed E-state index contributed by atoms with van der Waals surface area (Å²) in [6.07, 6.45) is -0.627. The standard InChI is InChI=1S/C13H12F3N5/c14-13(15,16)8-1-3-10(4-2-8)19-12-20-11(7-17-21-12)18-9-5-6-9/h1-4,7,9H,5-6H2,(H2,18,19,20,21). The van der Waals surface area contributed by atoms with Gasteiger partial charge in [0.15, 0.2) is 5.82 Å². The summed E-state index contributed by atoms with van der Waals surface area (Å²) in [7, 11) is 0. The monoisotopic (exact) mass is 295 g/mol. The highest BCUT2D eigenvalue weighted by atomic mass is 19.4. The van der Waals surface area contributed by atoms with Crippen LogP contribution in [0.3, 0.4) is 0 Å². The van der Waals surface area contributed by atoms with Crippen molar-refractivity contribution in [1.82, 2.24) is 15.2 Å². The first-order valence-corrected chi connectivity index (χ1v) is 6.41. The molecule has 0 saturated heterocycles. The minimum absolute atomic E-state index is 0.236. The van der Waals surface area contributed by atoms with E-state index in [9.17, 15) is 13.2 Å². The molecule has 2 N–H and O–H groups in total. The van der Waals surface area contributed by atoms with Gasteiger partial charge < -0.3 is 10.6 Å². The van der Waals surface area contributed by atoms with Gasteiger partial charge in [0.1, 0.15) is 0 Å². The van der Waals surface area contributed by atoms with Crippen LogP contribution in [0.4, 0.5) is 30.6 Å². The average Bonchev–Trinajstić information content (AvgIpc) is 3.23. The molecule has 0 atom stereocenters. The van der Waals surface area contributed by atoms with Crippen molar-refractivity contribution in [2.45, 2.75) is 25.1 Å². The van der Waals surface area contributed by atoms with Crippen LogP contribution in [0.2, 0.25) is 0 Å². The fraction of sp³-hybridized carbons (Fsp3) is 0.308. The summed E-state index contributed by atoms with van der Waals surface area (Å²) in [5.41, 5.74) is -0.232. The van der Waals surface area contributed by atoms with E-state index < -0.39 is 11.7 Å². The maximum absolute atomic E-state index is 12.5. The SMILES string of the molecule is FC(F)(F)c1ccc(Nc2nncc(NC3CC3)n2)cc1. The Kier molecular flexibility index (Phi) is 3.36. The molecular weight excluding hydrogens is 283 g/mol. The van der Waals surface area contributed by atoms with E-state index >= 15 is 0 Å². The van der Waals surface area contributed by atoms with Crippen LogP contribution in [0.25, 0.3) is 0 Å². The van der Waals surface area contributed by atoms with E-state index in [0.717, 1.165) is 25.0 Å². The molecule has 0 spiro atoms. The molecule has 0 unspecified atom stereocenters. The quantitative estimate of drug-likeness (QED) is 0.907. The van der Waals surface area contributed by atoms with Crippen molar-refractivity contribution in [3.05, 3.63) is 36.0 Å². The summed E-state index contributed by atoms with van der Waals surface area (Å²) in [6.45, 7) is 0. The van der Waals surface area contributed by atoms with Crippen LogP contribution in [0.15, 0.2) is 30.5 Å². The number of benzene rings is 1. The number of alkyl halides is 3. The number of rotatable bonds is 4. The predicted octanol–water partition coefficient (Wildman–Crippen LogP) is 3.21. The number of halogens is 3. The zero-order chi connectivity index (χ0) is 14.9. The highest BCUT2D eigenvalue weighted by Gasteiger charge is 2.30. The lowest BCUT2D eigenvalue weighted by Gasteiger charge is -2.09. The second-order valence-corrected chi connectivity index (χ2v) is 4.78. The van der Waals surface area contributed by atoms with Crippen LogP contribution in [-0.4, -0.2) is 21.2 Å². The van der Waals surface area contributed by atoms with Crippen molar-refractivity contribution in [2.24, 2.45) is 0 Å². The van der Waals surface area contributed by atoms with Gasteiger partial charge in [0.05, 0.1) is 11.8 Å². The zero-order valence-corrected chi connectivity index (χ0v) is 10.9. The van der Waals surface area contributed by atoms with Gasteiger partial charge >= 0.3 is 6.18 Å². The molecule has 3 rings (SSSR count). The minimum atomic E-state index is -4.34. The lowest BCUT2D eigenvalue weighted by atomic mass is 10.2. The van der Waals surface area contributed by atoms with E-state index in [4.69, 9.17) is 0 Å². The molecule has 1 fully saturated rings. The fourth-order valence-corrected chi connectivity index (χ4v) is 1.73. The van der Waals surface area contributed by atoms with Crippen molar-refractivity contribution < 1.29 is 13.2 Å². The molecule has 8 heteroatoms. The van der Waals surface area contributed by atoms with Crippen LogP contribution >= 0.6 is 0 Å². The lowest BCUT2D eigenvalue weighted by molar-refractivity contribution is -0.137. The van der Waals surface area contributed by atoms with Gasteiger partial charge in [-0.25, -0.2) is 0 Å². The number of hydrogen-bond donors (Lipinski definition) is 2. The van der Waals surface area contributed by atoms with Crippen LogP contribution in [-0.2, 0) is 6.18 Å². The van der Waals surface area contributed by atoms with E-state index in [1.165, 1.54) is 18.3 Å². The molecule has 1 aliphatic carbocycles. The van der Waals surface area contributed by atoms with Gasteiger partial charge in [-0.05, 0) is 37.1 Å². The highest BCUT2D eigenvalue weighted by Crippen LogP contribution is 2.30. The Morgan fingerprint density at radius 2 is 1.81 bits per heavy atom. The van der Waals surface area contributed by atoms with Crippen molar-refractivity contribution in [2.75, 3.05) is 10.6 Å². The second-order valence-electron chi connectivity index (χ2n) is 4.78. The van der Waals surface area contributed by atoms with Crippen molar-refractivity contribution >= 4 is 17.5 Å². The van der Waals surface area contributed by atoms with Gasteiger partial charge in [0.25, 0.3) is 0 Å². The number of aromatic nitrogens is 3. The molecule has 0 bridgehead atoms. The summed E-state index contributed by atoms with van der Waals surface area (Å²) in [5.74, 6) is 0.835. The number of hydrogen-bond acceptors (Lipinski definition) is 5. The smallest absolute Gasteiger partial charge is 0.366 e. The molecule has 0 aliphatic heterocycles. The Balaban J connectivity index is 1.70. The summed E-state index contributed by atoms with van der Waals surface area (Å²) in [5, 5.41) is 13.6. The van der Waals surface area contributed by atoms with Gasteiger partial charge in [-0.2, -0.15) is 23.3 Å². The third kappa shape index (κ3) is 3.59. The van der Waals surface area contributed by atoms with Crippen LogP contribution in [0.1, 0.15) is 18.4 Å². The summed E-state index contributed by atoms with van der Waals surface area (Å²) < 4.78 is 37.4. The van der Waals surface area contributed by atoms with Crippen molar-refractivity contribution in [3.8, 4) is 0 Å². The molecule has 5 nitrogen and oxygen atoms in total. The van der Waals surface area contributed by atoms with Gasteiger partial charge in [-0.1, -0.05) is 0 Å². The van der Waals surface area contributed by atoms with E-state index in [2.05, 4.69) is 25.8 Å². The maximum Gasteiger partial charge on any atom is 0.416 e. The molecule has 2 aromatic rings. The molecular formula is C13H12F3N5. The van der Waals surface area contributed by atoms with E-state index in [1.54, 1.807) is 0 Å². The van der Waals surface area contributed by atoms with Crippen LogP contribution in [0.5, 0.6) is 0 Å². The third-order valence-corrected chi connectivity index (χ3v) is 2.96. The number of anilines is 3. The first-order chi connectivity index (χ1) is 10.0. The molecule has 0 radical (unpaired) electrons. The summed E-state index contributed by atoms with van der Waals surface area (Å²) >= 11 is 0. The van der Waals surface area contributed by atoms with Gasteiger partial charge in [-0.3, -0.25) is 0 Å². The maximum atomic E-state index is 12.5. The van der Waals surface area contributed by atoms with Gasteiger partial charge in [0.2, 0.25) is 5.95 Å². The Morgan fingerprint density at radius 3 is 2.43 bits per heavy atom. The molecule has 21 heavy (non-hydrogen) atoms. The van der Waals surface area contributed by atoms with E-state index in [1.807, 2.05) is 0 Å². The van der Waals surface area contributed by atoms with E-state index in [-0.39, 0.29) is 5.95 Å². The summed E-state index contributed by atoms with van der Waals surface area (Å²) in [6, 6.07) is 5.09. The average molecular weight is 295 g/mol. The van der Waals surface area contributed by atoms with Crippen LogP contribution < -0.4 is 10.6 Å². The Hall–Kier alpha value is -2.38. The Morgan fingerprint density at radius 1 is 1.10 bits per heavy atom. The molecule has 1 aliphatic rings. The number of nitrogens with zero attached hydrogens (tertiary/aromatic N) is 3. The third-order valence-electron chi connectivity index (χ3n) is 2.96. The van der Waals surface area contributed by atoms with Gasteiger partial charge in [0, 0.05) is 11.7 Å². The largest absolute Gasteiger partial charge is 0.416 e. The highest BCUT2D eigenvalue weighted by molar-refractivity contribution is 5.54. The molecule has 110 valence electrons. The molecule has 1 aromatic carbocycles. The second kappa shape index (κ2) is 5.19. The number of nitrogens with one attached hydrogen (secondary N) is 2.